The molecule has 9 heavy (non-hydrogen) atoms. The molecule has 0 fully saturated rings. The Morgan fingerprint density at radius 2 is 2.44 bits per heavy atom. The summed E-state index contributed by atoms with van der Waals surface area (Å²) >= 11 is 3.19. The molecule has 0 spiro atoms. The molecule has 0 unspecified atom stereocenters. The number of halogens is 1. The van der Waals surface area contributed by atoms with Crippen LogP contribution in [0.15, 0.2) is 9.00 Å². The quantitative estimate of drug-likeness (QED) is 0.727. The second-order valence-corrected chi connectivity index (χ2v) is 2.45. The fraction of sp³-hybridized carbons (Fsp3) is 0.400. The molecule has 1 rings (SSSR count). The zero-order chi connectivity index (χ0) is 6.85. The summed E-state index contributed by atoms with van der Waals surface area (Å²) in [5.74, 6) is 0.694. The highest BCUT2D eigenvalue weighted by Crippen LogP contribution is 2.19. The van der Waals surface area contributed by atoms with Gasteiger partial charge < -0.3 is 9.63 Å². The summed E-state index contributed by atoms with van der Waals surface area (Å²) in [5, 5.41) is 12.1. The molecule has 1 aromatic rings. The first kappa shape index (κ1) is 6.77. The van der Waals surface area contributed by atoms with Gasteiger partial charge in [0.05, 0.1) is 11.1 Å². The van der Waals surface area contributed by atoms with E-state index in [9.17, 15) is 0 Å². The SMILES string of the molecule is Cc1onc(CO)c1Br. The highest BCUT2D eigenvalue weighted by Gasteiger charge is 2.06. The van der Waals surface area contributed by atoms with E-state index in [1.165, 1.54) is 0 Å². The molecule has 0 aliphatic rings. The smallest absolute Gasteiger partial charge is 0.148 e. The van der Waals surface area contributed by atoms with E-state index in [0.29, 0.717) is 11.5 Å². The van der Waals surface area contributed by atoms with Crippen molar-refractivity contribution >= 4 is 15.9 Å². The number of aliphatic hydroxyl groups is 1. The van der Waals surface area contributed by atoms with Gasteiger partial charge in [0.1, 0.15) is 11.5 Å². The van der Waals surface area contributed by atoms with Gasteiger partial charge in [-0.3, -0.25) is 0 Å². The third-order valence-electron chi connectivity index (χ3n) is 1.00. The lowest BCUT2D eigenvalue weighted by Crippen LogP contribution is -1.81. The Hall–Kier alpha value is -0.350. The predicted octanol–water partition coefficient (Wildman–Crippen LogP) is 1.24. The summed E-state index contributed by atoms with van der Waals surface area (Å²) in [6, 6.07) is 0. The largest absolute Gasteiger partial charge is 0.390 e. The first-order valence-corrected chi connectivity index (χ1v) is 3.26. The van der Waals surface area contributed by atoms with E-state index >= 15 is 0 Å². The summed E-state index contributed by atoms with van der Waals surface area (Å²) in [6.07, 6.45) is 0. The van der Waals surface area contributed by atoms with Crippen molar-refractivity contribution < 1.29 is 9.63 Å². The Bertz CT molecular complexity index is 209. The highest BCUT2D eigenvalue weighted by molar-refractivity contribution is 9.10. The third kappa shape index (κ3) is 1.14. The van der Waals surface area contributed by atoms with Crippen LogP contribution in [0.1, 0.15) is 11.5 Å². The van der Waals surface area contributed by atoms with Crippen LogP contribution in [0.2, 0.25) is 0 Å². The summed E-state index contributed by atoms with van der Waals surface area (Å²) < 4.78 is 5.48. The second-order valence-electron chi connectivity index (χ2n) is 1.66. The van der Waals surface area contributed by atoms with E-state index in [2.05, 4.69) is 21.1 Å². The minimum absolute atomic E-state index is 0.0854. The number of aliphatic hydroxyl groups excluding tert-OH is 1. The standard InChI is InChI=1S/C5H6BrNO2/c1-3-5(6)4(2-8)7-9-3/h8H,2H2,1H3. The number of rotatable bonds is 1. The average Bonchev–Trinajstić information content (AvgIpc) is 2.15. The summed E-state index contributed by atoms with van der Waals surface area (Å²) in [7, 11) is 0. The molecule has 3 nitrogen and oxygen atoms in total. The Kier molecular flexibility index (Phi) is 1.87. The summed E-state index contributed by atoms with van der Waals surface area (Å²) in [4.78, 5) is 0. The topological polar surface area (TPSA) is 46.3 Å². The van der Waals surface area contributed by atoms with Crippen molar-refractivity contribution in [2.75, 3.05) is 0 Å². The van der Waals surface area contributed by atoms with Crippen LogP contribution < -0.4 is 0 Å². The lowest BCUT2D eigenvalue weighted by atomic mass is 10.4. The van der Waals surface area contributed by atoms with E-state index < -0.39 is 0 Å². The molecule has 0 atom stereocenters. The number of aryl methyl sites for hydroxylation is 1. The van der Waals surface area contributed by atoms with Crippen LogP contribution in [-0.2, 0) is 6.61 Å². The monoisotopic (exact) mass is 191 g/mol. The highest BCUT2D eigenvalue weighted by atomic mass is 79.9. The molecule has 0 saturated heterocycles. The Labute approximate surface area is 60.8 Å². The molecule has 1 heterocycles. The molecule has 50 valence electrons. The molecule has 1 aromatic heterocycles. The zero-order valence-electron chi connectivity index (χ0n) is 4.89. The predicted molar refractivity (Wildman–Crippen MR) is 34.9 cm³/mol. The maximum absolute atomic E-state index is 8.58. The minimum Gasteiger partial charge on any atom is -0.390 e. The van der Waals surface area contributed by atoms with Crippen molar-refractivity contribution in [2.45, 2.75) is 13.5 Å². The Morgan fingerprint density at radius 1 is 1.78 bits per heavy atom. The fourth-order valence-corrected chi connectivity index (χ4v) is 0.775. The Balaban J connectivity index is 3.04. The third-order valence-corrected chi connectivity index (χ3v) is 2.02. The summed E-state index contributed by atoms with van der Waals surface area (Å²) in [5.41, 5.74) is 0.549. The number of aromatic nitrogens is 1. The molecular formula is C5H6BrNO2. The van der Waals surface area contributed by atoms with E-state index in [4.69, 9.17) is 9.63 Å². The average molecular weight is 192 g/mol. The van der Waals surface area contributed by atoms with Crippen molar-refractivity contribution in [3.05, 3.63) is 15.9 Å². The lowest BCUT2D eigenvalue weighted by Gasteiger charge is -1.83. The second kappa shape index (κ2) is 2.49. The molecule has 0 radical (unpaired) electrons. The summed E-state index contributed by atoms with van der Waals surface area (Å²) in [6.45, 7) is 1.69. The lowest BCUT2D eigenvalue weighted by molar-refractivity contribution is 0.265. The maximum Gasteiger partial charge on any atom is 0.148 e. The van der Waals surface area contributed by atoms with Crippen LogP contribution in [0.25, 0.3) is 0 Å². The molecule has 4 heteroatoms. The van der Waals surface area contributed by atoms with Gasteiger partial charge in [-0.2, -0.15) is 0 Å². The molecule has 0 bridgehead atoms. The van der Waals surface area contributed by atoms with Crippen molar-refractivity contribution in [3.63, 3.8) is 0 Å². The minimum atomic E-state index is -0.0854. The van der Waals surface area contributed by atoms with Crippen LogP contribution in [0.4, 0.5) is 0 Å². The van der Waals surface area contributed by atoms with Crippen molar-refractivity contribution in [3.8, 4) is 0 Å². The molecular weight excluding hydrogens is 186 g/mol. The molecule has 0 aliphatic carbocycles. The van der Waals surface area contributed by atoms with Crippen LogP contribution in [-0.4, -0.2) is 10.3 Å². The van der Waals surface area contributed by atoms with Crippen molar-refractivity contribution in [1.29, 1.82) is 0 Å². The molecule has 0 aliphatic heterocycles. The first-order valence-electron chi connectivity index (χ1n) is 2.47. The van der Waals surface area contributed by atoms with Gasteiger partial charge >= 0.3 is 0 Å². The zero-order valence-corrected chi connectivity index (χ0v) is 6.47. The van der Waals surface area contributed by atoms with Gasteiger partial charge in [0, 0.05) is 0 Å². The fourth-order valence-electron chi connectivity index (χ4n) is 0.505. The number of hydrogen-bond acceptors (Lipinski definition) is 3. The molecule has 1 N–H and O–H groups in total. The maximum atomic E-state index is 8.58. The van der Waals surface area contributed by atoms with Crippen LogP contribution in [0, 0.1) is 6.92 Å². The van der Waals surface area contributed by atoms with Gasteiger partial charge in [-0.15, -0.1) is 0 Å². The van der Waals surface area contributed by atoms with E-state index in [1.807, 2.05) is 0 Å². The van der Waals surface area contributed by atoms with Gasteiger partial charge in [-0.25, -0.2) is 0 Å². The van der Waals surface area contributed by atoms with Crippen LogP contribution >= 0.6 is 15.9 Å². The normalized spacial score (nSPS) is 10.1. The van der Waals surface area contributed by atoms with Gasteiger partial charge in [0.2, 0.25) is 0 Å². The molecule has 0 amide bonds. The molecule has 0 saturated carbocycles. The van der Waals surface area contributed by atoms with Crippen molar-refractivity contribution in [1.82, 2.24) is 5.16 Å². The van der Waals surface area contributed by atoms with E-state index in [0.717, 1.165) is 4.47 Å². The van der Waals surface area contributed by atoms with Gasteiger partial charge in [-0.05, 0) is 22.9 Å². The van der Waals surface area contributed by atoms with Gasteiger partial charge in [-0.1, -0.05) is 5.16 Å². The van der Waals surface area contributed by atoms with Gasteiger partial charge in [0.25, 0.3) is 0 Å². The van der Waals surface area contributed by atoms with Crippen LogP contribution in [0.5, 0.6) is 0 Å². The van der Waals surface area contributed by atoms with Gasteiger partial charge in [0.15, 0.2) is 0 Å². The van der Waals surface area contributed by atoms with Crippen LogP contribution in [0.3, 0.4) is 0 Å². The van der Waals surface area contributed by atoms with Crippen molar-refractivity contribution in [2.24, 2.45) is 0 Å². The van der Waals surface area contributed by atoms with E-state index in [-0.39, 0.29) is 6.61 Å². The first-order chi connectivity index (χ1) is 4.25. The number of hydrogen-bond donors (Lipinski definition) is 1. The van der Waals surface area contributed by atoms with E-state index in [1.54, 1.807) is 6.92 Å². The number of nitrogens with zero attached hydrogens (tertiary/aromatic N) is 1. The molecule has 0 aromatic carbocycles. The Morgan fingerprint density at radius 3 is 2.67 bits per heavy atom.